The number of rotatable bonds is 2. The van der Waals surface area contributed by atoms with Crippen molar-refractivity contribution in [2.24, 2.45) is 5.92 Å². The Hall–Kier alpha value is -0.800. The van der Waals surface area contributed by atoms with Crippen molar-refractivity contribution in [3.8, 4) is 6.07 Å². The summed E-state index contributed by atoms with van der Waals surface area (Å²) in [5.41, 5.74) is -0.481. The van der Waals surface area contributed by atoms with Crippen molar-refractivity contribution in [2.75, 3.05) is 20.1 Å². The molecule has 0 amide bonds. The van der Waals surface area contributed by atoms with E-state index < -0.39 is 17.6 Å². The van der Waals surface area contributed by atoms with Gasteiger partial charge in [-0.1, -0.05) is 0 Å². The summed E-state index contributed by atoms with van der Waals surface area (Å²) < 4.78 is 37.8. The summed E-state index contributed by atoms with van der Waals surface area (Å²) in [6.45, 7) is 1.00. The second kappa shape index (κ2) is 5.29. The van der Waals surface area contributed by atoms with Crippen molar-refractivity contribution in [3.63, 3.8) is 0 Å². The maximum atomic E-state index is 12.6. The lowest BCUT2D eigenvalue weighted by atomic mass is 9.94. The standard InChI is InChI=1S/C13H20F3N3/c1-18-12(9-17)5-2-11(8-12)19-6-3-10(4-7-19)13(14,15)16/h10-11,18H,2-8H2,1H3. The monoisotopic (exact) mass is 275 g/mol. The topological polar surface area (TPSA) is 39.1 Å². The average Bonchev–Trinajstić information content (AvgIpc) is 2.83. The molecule has 1 heterocycles. The van der Waals surface area contributed by atoms with Gasteiger partial charge in [-0.3, -0.25) is 0 Å². The van der Waals surface area contributed by atoms with Gasteiger partial charge in [-0.15, -0.1) is 0 Å². The molecule has 1 N–H and O–H groups in total. The van der Waals surface area contributed by atoms with Gasteiger partial charge in [0.2, 0.25) is 0 Å². The van der Waals surface area contributed by atoms with Crippen LogP contribution in [0.2, 0.25) is 0 Å². The lowest BCUT2D eigenvalue weighted by Crippen LogP contribution is -2.46. The third-order valence-electron chi connectivity index (χ3n) is 4.69. The molecule has 0 radical (unpaired) electrons. The minimum Gasteiger partial charge on any atom is -0.302 e. The molecule has 6 heteroatoms. The number of nitriles is 1. The summed E-state index contributed by atoms with van der Waals surface area (Å²) in [6.07, 6.45) is -1.27. The number of halogens is 3. The van der Waals surface area contributed by atoms with E-state index >= 15 is 0 Å². The van der Waals surface area contributed by atoms with Crippen molar-refractivity contribution < 1.29 is 13.2 Å². The van der Waals surface area contributed by atoms with E-state index in [1.165, 1.54) is 0 Å². The molecule has 0 spiro atoms. The fraction of sp³-hybridized carbons (Fsp3) is 0.923. The Morgan fingerprint density at radius 2 is 1.89 bits per heavy atom. The van der Waals surface area contributed by atoms with Crippen LogP contribution >= 0.6 is 0 Å². The number of nitrogens with one attached hydrogen (secondary N) is 1. The molecule has 2 rings (SSSR count). The number of piperidine rings is 1. The van der Waals surface area contributed by atoms with Crippen molar-refractivity contribution in [3.05, 3.63) is 0 Å². The fourth-order valence-corrected chi connectivity index (χ4v) is 3.31. The van der Waals surface area contributed by atoms with Crippen LogP contribution in [0.5, 0.6) is 0 Å². The minimum absolute atomic E-state index is 0.194. The molecule has 0 aromatic heterocycles. The Labute approximate surface area is 111 Å². The molecule has 3 nitrogen and oxygen atoms in total. The van der Waals surface area contributed by atoms with E-state index in [0.717, 1.165) is 19.3 Å². The molecule has 2 atom stereocenters. The van der Waals surface area contributed by atoms with Gasteiger partial charge in [0.1, 0.15) is 5.54 Å². The van der Waals surface area contributed by atoms with Gasteiger partial charge >= 0.3 is 6.18 Å². The van der Waals surface area contributed by atoms with Gasteiger partial charge in [-0.05, 0) is 52.2 Å². The normalized spacial score (nSPS) is 34.4. The number of likely N-dealkylation sites (tertiary alicyclic amines) is 1. The molecule has 0 aromatic carbocycles. The Bertz CT molecular complexity index is 355. The number of hydrogen-bond acceptors (Lipinski definition) is 3. The highest BCUT2D eigenvalue weighted by Gasteiger charge is 2.45. The Morgan fingerprint density at radius 3 is 2.32 bits per heavy atom. The van der Waals surface area contributed by atoms with Crippen LogP contribution in [-0.2, 0) is 0 Å². The zero-order valence-electron chi connectivity index (χ0n) is 11.1. The Morgan fingerprint density at radius 1 is 1.26 bits per heavy atom. The van der Waals surface area contributed by atoms with Crippen LogP contribution in [-0.4, -0.2) is 42.8 Å². The highest BCUT2D eigenvalue weighted by Crippen LogP contribution is 2.38. The molecular formula is C13H20F3N3. The number of nitrogens with zero attached hydrogens (tertiary/aromatic N) is 2. The van der Waals surface area contributed by atoms with Gasteiger partial charge in [0.25, 0.3) is 0 Å². The lowest BCUT2D eigenvalue weighted by Gasteiger charge is -2.37. The predicted molar refractivity (Wildman–Crippen MR) is 65.4 cm³/mol. The highest BCUT2D eigenvalue weighted by molar-refractivity contribution is 5.13. The van der Waals surface area contributed by atoms with Gasteiger partial charge in [0.05, 0.1) is 12.0 Å². The zero-order chi connectivity index (χ0) is 14.1. The first-order valence-electron chi connectivity index (χ1n) is 6.81. The van der Waals surface area contributed by atoms with Gasteiger partial charge in [0, 0.05) is 6.04 Å². The van der Waals surface area contributed by atoms with E-state index in [2.05, 4.69) is 16.3 Å². The van der Waals surface area contributed by atoms with Crippen molar-refractivity contribution in [2.45, 2.75) is 49.9 Å². The largest absolute Gasteiger partial charge is 0.391 e. The fourth-order valence-electron chi connectivity index (χ4n) is 3.31. The molecule has 1 aliphatic heterocycles. The number of alkyl halides is 3. The summed E-state index contributed by atoms with van der Waals surface area (Å²) in [6, 6.07) is 2.56. The number of hydrogen-bond donors (Lipinski definition) is 1. The van der Waals surface area contributed by atoms with E-state index in [1.807, 2.05) is 0 Å². The van der Waals surface area contributed by atoms with E-state index in [9.17, 15) is 18.4 Å². The van der Waals surface area contributed by atoms with Gasteiger partial charge in [-0.25, -0.2) is 0 Å². The van der Waals surface area contributed by atoms with E-state index in [1.54, 1.807) is 7.05 Å². The Balaban J connectivity index is 1.89. The van der Waals surface area contributed by atoms with Crippen LogP contribution in [0.4, 0.5) is 13.2 Å². The van der Waals surface area contributed by atoms with Gasteiger partial charge < -0.3 is 10.2 Å². The van der Waals surface area contributed by atoms with Gasteiger partial charge in [0.15, 0.2) is 0 Å². The maximum Gasteiger partial charge on any atom is 0.391 e. The summed E-state index contributed by atoms with van der Waals surface area (Å²) in [7, 11) is 1.78. The molecule has 19 heavy (non-hydrogen) atoms. The summed E-state index contributed by atoms with van der Waals surface area (Å²) >= 11 is 0. The van der Waals surface area contributed by atoms with Crippen LogP contribution < -0.4 is 5.32 Å². The first kappa shape index (κ1) is 14.6. The van der Waals surface area contributed by atoms with Gasteiger partial charge in [-0.2, -0.15) is 18.4 Å². The van der Waals surface area contributed by atoms with Crippen LogP contribution in [0.3, 0.4) is 0 Å². The van der Waals surface area contributed by atoms with Crippen molar-refractivity contribution in [1.82, 2.24) is 10.2 Å². The van der Waals surface area contributed by atoms with Crippen LogP contribution in [0.1, 0.15) is 32.1 Å². The van der Waals surface area contributed by atoms with Crippen molar-refractivity contribution in [1.29, 1.82) is 5.26 Å². The third-order valence-corrected chi connectivity index (χ3v) is 4.69. The summed E-state index contributed by atoms with van der Waals surface area (Å²) in [5, 5.41) is 12.3. The first-order chi connectivity index (χ1) is 8.90. The first-order valence-corrected chi connectivity index (χ1v) is 6.81. The van der Waals surface area contributed by atoms with Crippen molar-refractivity contribution >= 4 is 0 Å². The minimum atomic E-state index is -4.05. The Kier molecular flexibility index (Phi) is 4.07. The van der Waals surface area contributed by atoms with E-state index in [-0.39, 0.29) is 18.9 Å². The zero-order valence-corrected chi connectivity index (χ0v) is 11.1. The molecule has 2 unspecified atom stereocenters. The molecule has 2 fully saturated rings. The molecule has 108 valence electrons. The maximum absolute atomic E-state index is 12.6. The van der Waals surface area contributed by atoms with Crippen LogP contribution in [0.25, 0.3) is 0 Å². The SMILES string of the molecule is CNC1(C#N)CCC(N2CCC(C(F)(F)F)CC2)C1. The van der Waals surface area contributed by atoms with Crippen LogP contribution in [0, 0.1) is 17.2 Å². The molecule has 1 aliphatic carbocycles. The molecule has 0 bridgehead atoms. The summed E-state index contributed by atoms with van der Waals surface area (Å²) in [4.78, 5) is 2.14. The van der Waals surface area contributed by atoms with E-state index in [4.69, 9.17) is 0 Å². The quantitative estimate of drug-likeness (QED) is 0.840. The highest BCUT2D eigenvalue weighted by atomic mass is 19.4. The second-order valence-corrected chi connectivity index (χ2v) is 5.69. The average molecular weight is 275 g/mol. The molecule has 1 saturated carbocycles. The molecule has 2 aliphatic rings. The van der Waals surface area contributed by atoms with Crippen LogP contribution in [0.15, 0.2) is 0 Å². The van der Waals surface area contributed by atoms with E-state index in [0.29, 0.717) is 13.1 Å². The molecule has 0 aromatic rings. The molecular weight excluding hydrogens is 255 g/mol. The predicted octanol–water partition coefficient (Wildman–Crippen LogP) is 2.29. The molecule has 1 saturated heterocycles. The second-order valence-electron chi connectivity index (χ2n) is 5.69. The lowest BCUT2D eigenvalue weighted by molar-refractivity contribution is -0.186. The summed E-state index contributed by atoms with van der Waals surface area (Å²) in [5.74, 6) is -1.14. The third kappa shape index (κ3) is 3.03. The smallest absolute Gasteiger partial charge is 0.302 e.